The zero-order valence-corrected chi connectivity index (χ0v) is 19.8. The van der Waals surface area contributed by atoms with Gasteiger partial charge in [-0.2, -0.15) is 0 Å². The van der Waals surface area contributed by atoms with Crippen LogP contribution in [0.5, 0.6) is 5.75 Å². The number of para-hydroxylation sites is 1. The minimum absolute atomic E-state index is 0.0117. The van der Waals surface area contributed by atoms with E-state index in [1.165, 1.54) is 5.56 Å². The Balaban J connectivity index is 1.27. The van der Waals surface area contributed by atoms with Crippen molar-refractivity contribution in [2.45, 2.75) is 51.5 Å². The van der Waals surface area contributed by atoms with E-state index in [4.69, 9.17) is 4.74 Å². The first-order chi connectivity index (χ1) is 16.6. The molecule has 7 nitrogen and oxygen atoms in total. The number of amides is 3. The summed E-state index contributed by atoms with van der Waals surface area (Å²) in [6.07, 6.45) is 4.13. The Labute approximate surface area is 201 Å². The highest BCUT2D eigenvalue weighted by Crippen LogP contribution is 2.32. The van der Waals surface area contributed by atoms with Gasteiger partial charge in [0, 0.05) is 49.8 Å². The van der Waals surface area contributed by atoms with Crippen LogP contribution < -0.4 is 15.0 Å². The van der Waals surface area contributed by atoms with E-state index in [1.807, 2.05) is 47.1 Å². The number of rotatable bonds is 8. The second-order valence-corrected chi connectivity index (χ2v) is 8.85. The number of piperidine rings is 1. The topological polar surface area (TPSA) is 79.0 Å². The van der Waals surface area contributed by atoms with E-state index in [0.29, 0.717) is 50.4 Å². The predicted molar refractivity (Wildman–Crippen MR) is 131 cm³/mol. The van der Waals surface area contributed by atoms with Crippen molar-refractivity contribution in [2.75, 3.05) is 31.1 Å². The van der Waals surface area contributed by atoms with Gasteiger partial charge in [-0.1, -0.05) is 25.1 Å². The molecule has 180 valence electrons. The van der Waals surface area contributed by atoms with E-state index in [1.54, 1.807) is 12.1 Å². The molecule has 1 fully saturated rings. The van der Waals surface area contributed by atoms with Crippen LogP contribution >= 0.6 is 0 Å². The van der Waals surface area contributed by atoms with E-state index in [2.05, 4.69) is 11.4 Å². The number of aryl methyl sites for hydroxylation is 1. The lowest BCUT2D eigenvalue weighted by atomic mass is 9.95. The molecule has 0 aromatic heterocycles. The second kappa shape index (κ2) is 11.2. The zero-order chi connectivity index (χ0) is 23.9. The Bertz CT molecular complexity index is 1010. The second-order valence-electron chi connectivity index (χ2n) is 8.85. The number of carbonyl (C=O) groups excluding carboxylic acids is 3. The molecule has 3 amide bonds. The predicted octanol–water partition coefficient (Wildman–Crippen LogP) is 3.57. The van der Waals surface area contributed by atoms with E-state index in [-0.39, 0.29) is 23.8 Å². The lowest BCUT2D eigenvalue weighted by molar-refractivity contribution is -0.121. The Morgan fingerprint density at radius 2 is 1.76 bits per heavy atom. The summed E-state index contributed by atoms with van der Waals surface area (Å²) >= 11 is 0. The van der Waals surface area contributed by atoms with Gasteiger partial charge in [0.15, 0.2) is 0 Å². The molecule has 34 heavy (non-hydrogen) atoms. The Morgan fingerprint density at radius 3 is 2.50 bits per heavy atom. The van der Waals surface area contributed by atoms with Gasteiger partial charge < -0.3 is 19.9 Å². The summed E-state index contributed by atoms with van der Waals surface area (Å²) in [6, 6.07) is 15.5. The average molecular weight is 464 g/mol. The molecule has 0 atom stereocenters. The van der Waals surface area contributed by atoms with Crippen LogP contribution in [-0.4, -0.2) is 54.9 Å². The van der Waals surface area contributed by atoms with Crippen molar-refractivity contribution in [3.63, 3.8) is 0 Å². The fraction of sp³-hybridized carbons (Fsp3) is 0.444. The van der Waals surface area contributed by atoms with Crippen LogP contribution in [0.4, 0.5) is 5.69 Å². The van der Waals surface area contributed by atoms with Gasteiger partial charge in [-0.25, -0.2) is 0 Å². The van der Waals surface area contributed by atoms with Crippen LogP contribution in [0.25, 0.3) is 0 Å². The quantitative estimate of drug-likeness (QED) is 0.607. The monoisotopic (exact) mass is 463 g/mol. The van der Waals surface area contributed by atoms with Crippen LogP contribution in [-0.2, 0) is 16.0 Å². The standard InChI is InChI=1S/C27H33N3O4/c1-2-25(31)28-16-5-19-34-23-11-8-21(9-12-23)27(33)29-17-14-22(15-18-29)30-24-7-4-3-6-20(24)10-13-26(30)32/h3-4,6-9,11-12,22H,2,5,10,13-19H2,1H3,(H,28,31). The fourth-order valence-corrected chi connectivity index (χ4v) is 4.67. The lowest BCUT2D eigenvalue weighted by Gasteiger charge is -2.41. The number of carbonyl (C=O) groups is 3. The van der Waals surface area contributed by atoms with Crippen molar-refractivity contribution < 1.29 is 19.1 Å². The maximum absolute atomic E-state index is 13.0. The number of benzene rings is 2. The van der Waals surface area contributed by atoms with Crippen molar-refractivity contribution in [1.29, 1.82) is 0 Å². The van der Waals surface area contributed by atoms with Crippen LogP contribution in [0.3, 0.4) is 0 Å². The van der Waals surface area contributed by atoms with Gasteiger partial charge in [0.2, 0.25) is 11.8 Å². The average Bonchev–Trinajstić information content (AvgIpc) is 2.88. The van der Waals surface area contributed by atoms with Gasteiger partial charge in [-0.3, -0.25) is 14.4 Å². The largest absolute Gasteiger partial charge is 0.494 e. The van der Waals surface area contributed by atoms with Crippen LogP contribution in [0.1, 0.15) is 54.9 Å². The molecule has 2 heterocycles. The first-order valence-electron chi connectivity index (χ1n) is 12.3. The molecule has 1 saturated heterocycles. The molecular formula is C27H33N3O4. The SMILES string of the molecule is CCC(=O)NCCCOc1ccc(C(=O)N2CCC(N3C(=O)CCc4ccccc43)CC2)cc1. The fourth-order valence-electron chi connectivity index (χ4n) is 4.67. The molecule has 2 aromatic rings. The molecular weight excluding hydrogens is 430 g/mol. The van der Waals surface area contributed by atoms with Gasteiger partial charge in [-0.15, -0.1) is 0 Å². The highest BCUT2D eigenvalue weighted by molar-refractivity contribution is 5.97. The van der Waals surface area contributed by atoms with Gasteiger partial charge >= 0.3 is 0 Å². The molecule has 0 unspecified atom stereocenters. The van der Waals surface area contributed by atoms with Crippen molar-refractivity contribution in [3.05, 3.63) is 59.7 Å². The normalized spacial score (nSPS) is 16.2. The zero-order valence-electron chi connectivity index (χ0n) is 19.8. The number of likely N-dealkylation sites (tertiary alicyclic amines) is 1. The number of nitrogens with zero attached hydrogens (tertiary/aromatic N) is 2. The molecule has 0 bridgehead atoms. The maximum atomic E-state index is 13.0. The Hall–Kier alpha value is -3.35. The van der Waals surface area contributed by atoms with Crippen molar-refractivity contribution in [3.8, 4) is 5.75 Å². The molecule has 2 aromatic carbocycles. The number of nitrogens with one attached hydrogen (secondary N) is 1. The van der Waals surface area contributed by atoms with E-state index in [0.717, 1.165) is 31.4 Å². The summed E-state index contributed by atoms with van der Waals surface area (Å²) in [5.41, 5.74) is 2.90. The van der Waals surface area contributed by atoms with Crippen LogP contribution in [0.2, 0.25) is 0 Å². The van der Waals surface area contributed by atoms with E-state index >= 15 is 0 Å². The third-order valence-electron chi connectivity index (χ3n) is 6.58. The smallest absolute Gasteiger partial charge is 0.253 e. The maximum Gasteiger partial charge on any atom is 0.253 e. The number of anilines is 1. The third kappa shape index (κ3) is 5.58. The number of hydrogen-bond donors (Lipinski definition) is 1. The summed E-state index contributed by atoms with van der Waals surface area (Å²) in [7, 11) is 0. The summed E-state index contributed by atoms with van der Waals surface area (Å²) in [4.78, 5) is 40.8. The number of fused-ring (bicyclic) bond motifs is 1. The Morgan fingerprint density at radius 1 is 1.03 bits per heavy atom. The van der Waals surface area contributed by atoms with Gasteiger partial charge in [-0.05, 0) is 61.6 Å². The van der Waals surface area contributed by atoms with Gasteiger partial charge in [0.25, 0.3) is 5.91 Å². The molecule has 2 aliphatic heterocycles. The van der Waals surface area contributed by atoms with E-state index < -0.39 is 0 Å². The molecule has 1 N–H and O–H groups in total. The molecule has 2 aliphatic rings. The van der Waals surface area contributed by atoms with Crippen molar-refractivity contribution in [2.24, 2.45) is 0 Å². The molecule has 0 aliphatic carbocycles. The number of ether oxygens (including phenoxy) is 1. The van der Waals surface area contributed by atoms with E-state index in [9.17, 15) is 14.4 Å². The first-order valence-corrected chi connectivity index (χ1v) is 12.3. The third-order valence-corrected chi connectivity index (χ3v) is 6.58. The molecule has 0 spiro atoms. The van der Waals surface area contributed by atoms with Crippen LogP contribution in [0, 0.1) is 0 Å². The molecule has 4 rings (SSSR count). The van der Waals surface area contributed by atoms with Crippen molar-refractivity contribution >= 4 is 23.4 Å². The van der Waals surface area contributed by atoms with Gasteiger partial charge in [0.1, 0.15) is 5.75 Å². The summed E-state index contributed by atoms with van der Waals surface area (Å²) < 4.78 is 5.71. The molecule has 7 heteroatoms. The summed E-state index contributed by atoms with van der Waals surface area (Å²) in [5, 5.41) is 2.82. The first kappa shape index (κ1) is 23.8. The minimum atomic E-state index is 0.0117. The molecule has 0 saturated carbocycles. The minimum Gasteiger partial charge on any atom is -0.494 e. The summed E-state index contributed by atoms with van der Waals surface area (Å²) in [5.74, 6) is 0.947. The highest BCUT2D eigenvalue weighted by Gasteiger charge is 2.33. The van der Waals surface area contributed by atoms with Crippen molar-refractivity contribution in [1.82, 2.24) is 10.2 Å². The highest BCUT2D eigenvalue weighted by atomic mass is 16.5. The van der Waals surface area contributed by atoms with Crippen LogP contribution in [0.15, 0.2) is 48.5 Å². The summed E-state index contributed by atoms with van der Waals surface area (Å²) in [6.45, 7) is 4.19. The van der Waals surface area contributed by atoms with Gasteiger partial charge in [0.05, 0.1) is 6.61 Å². The Kier molecular flexibility index (Phi) is 7.83. The number of hydrogen-bond acceptors (Lipinski definition) is 4. The lowest BCUT2D eigenvalue weighted by Crippen LogP contribution is -2.50. The molecule has 0 radical (unpaired) electrons.